The van der Waals surface area contributed by atoms with Crippen LogP contribution in [0.2, 0.25) is 0 Å². The van der Waals surface area contributed by atoms with Gasteiger partial charge in [0.25, 0.3) is 0 Å². The highest BCUT2D eigenvalue weighted by Gasteiger charge is 2.16. The molecule has 5 heteroatoms. The van der Waals surface area contributed by atoms with Crippen molar-refractivity contribution in [1.29, 1.82) is 0 Å². The molecule has 2 aromatic carbocycles. The number of hydrogen-bond acceptors (Lipinski definition) is 2. The second kappa shape index (κ2) is 6.91. The maximum Gasteiger partial charge on any atom is 0.314 e. The average molecular weight is 408 g/mol. The Balaban J connectivity index is 2.09. The molecular formula is C17H17IN2O2. The van der Waals surface area contributed by atoms with Crippen LogP contribution in [0.25, 0.3) is 0 Å². The van der Waals surface area contributed by atoms with Crippen molar-refractivity contribution in [3.05, 3.63) is 56.7 Å². The number of benzene rings is 2. The van der Waals surface area contributed by atoms with Crippen molar-refractivity contribution in [2.75, 3.05) is 10.6 Å². The summed E-state index contributed by atoms with van der Waals surface area (Å²) in [6.07, 6.45) is 0. The molecule has 2 amide bonds. The van der Waals surface area contributed by atoms with Gasteiger partial charge in [0, 0.05) is 14.9 Å². The second-order valence-electron chi connectivity index (χ2n) is 5.19. The highest BCUT2D eigenvalue weighted by Crippen LogP contribution is 2.22. The van der Waals surface area contributed by atoms with Gasteiger partial charge in [-0.15, -0.1) is 0 Å². The first-order valence-corrected chi connectivity index (χ1v) is 7.90. The van der Waals surface area contributed by atoms with Gasteiger partial charge in [-0.2, -0.15) is 0 Å². The van der Waals surface area contributed by atoms with Gasteiger partial charge in [-0.25, -0.2) is 0 Å². The first kappa shape index (κ1) is 16.5. The van der Waals surface area contributed by atoms with E-state index < -0.39 is 11.8 Å². The zero-order valence-corrected chi connectivity index (χ0v) is 14.8. The molecule has 0 atom stereocenters. The van der Waals surface area contributed by atoms with E-state index in [2.05, 4.69) is 33.2 Å². The summed E-state index contributed by atoms with van der Waals surface area (Å²) in [5.74, 6) is -1.35. The van der Waals surface area contributed by atoms with Gasteiger partial charge in [-0.1, -0.05) is 17.7 Å². The van der Waals surface area contributed by atoms with Gasteiger partial charge in [0.2, 0.25) is 0 Å². The second-order valence-corrected chi connectivity index (χ2v) is 6.43. The zero-order valence-electron chi connectivity index (χ0n) is 12.7. The Morgan fingerprint density at radius 1 is 0.864 bits per heavy atom. The van der Waals surface area contributed by atoms with Gasteiger partial charge >= 0.3 is 11.8 Å². The van der Waals surface area contributed by atoms with Gasteiger partial charge in [-0.3, -0.25) is 9.59 Å². The summed E-state index contributed by atoms with van der Waals surface area (Å²) < 4.78 is 1.06. The van der Waals surface area contributed by atoms with E-state index in [0.717, 1.165) is 20.3 Å². The highest BCUT2D eigenvalue weighted by atomic mass is 127. The Bertz CT molecular complexity index is 701. The fraction of sp³-hybridized carbons (Fsp3) is 0.176. The molecule has 2 N–H and O–H groups in total. The number of carbonyl (C=O) groups excluding carboxylic acids is 2. The lowest BCUT2D eigenvalue weighted by Gasteiger charge is -2.12. The lowest BCUT2D eigenvalue weighted by Crippen LogP contribution is -2.29. The van der Waals surface area contributed by atoms with Crippen LogP contribution in [0.1, 0.15) is 16.7 Å². The maximum atomic E-state index is 12.0. The summed E-state index contributed by atoms with van der Waals surface area (Å²) in [5.41, 5.74) is 4.28. The molecule has 4 nitrogen and oxygen atoms in total. The van der Waals surface area contributed by atoms with Gasteiger partial charge < -0.3 is 10.6 Å². The number of anilines is 2. The van der Waals surface area contributed by atoms with Crippen LogP contribution in [-0.2, 0) is 9.59 Å². The lowest BCUT2D eigenvalue weighted by molar-refractivity contribution is -0.133. The Kier molecular flexibility index (Phi) is 5.18. The maximum absolute atomic E-state index is 12.0. The van der Waals surface area contributed by atoms with E-state index in [4.69, 9.17) is 0 Å². The number of nitrogens with one attached hydrogen (secondary N) is 2. The standard InChI is InChI=1S/C17H17IN2O2/c1-10-8-11(2)15(12(3)9-10)20-17(22)16(21)19-14-6-4-13(18)5-7-14/h4-9H,1-3H3,(H,19,21)(H,20,22). The molecule has 0 heterocycles. The Labute approximate surface area is 143 Å². The smallest absolute Gasteiger partial charge is 0.314 e. The quantitative estimate of drug-likeness (QED) is 0.587. The van der Waals surface area contributed by atoms with E-state index >= 15 is 0 Å². The molecule has 2 aromatic rings. The Morgan fingerprint density at radius 2 is 1.36 bits per heavy atom. The van der Waals surface area contributed by atoms with Crippen LogP contribution in [0, 0.1) is 24.3 Å². The zero-order chi connectivity index (χ0) is 16.3. The highest BCUT2D eigenvalue weighted by molar-refractivity contribution is 14.1. The van der Waals surface area contributed by atoms with Gasteiger partial charge in [0.05, 0.1) is 0 Å². The molecule has 0 radical (unpaired) electrons. The third-order valence-electron chi connectivity index (χ3n) is 3.22. The summed E-state index contributed by atoms with van der Waals surface area (Å²) in [6.45, 7) is 5.81. The van der Waals surface area contributed by atoms with Crippen molar-refractivity contribution >= 4 is 45.8 Å². The number of aryl methyl sites for hydroxylation is 3. The molecule has 0 aliphatic carbocycles. The molecule has 0 aliphatic rings. The molecule has 0 aromatic heterocycles. The first-order chi connectivity index (χ1) is 10.4. The van der Waals surface area contributed by atoms with Crippen LogP contribution in [0.5, 0.6) is 0 Å². The third-order valence-corrected chi connectivity index (χ3v) is 3.94. The van der Waals surface area contributed by atoms with Crippen LogP contribution < -0.4 is 10.6 Å². The van der Waals surface area contributed by atoms with E-state index in [-0.39, 0.29) is 0 Å². The molecule has 114 valence electrons. The minimum absolute atomic E-state index is 0.595. The predicted molar refractivity (Wildman–Crippen MR) is 97.1 cm³/mol. The van der Waals surface area contributed by atoms with Crippen molar-refractivity contribution in [2.24, 2.45) is 0 Å². The Morgan fingerprint density at radius 3 is 1.91 bits per heavy atom. The average Bonchev–Trinajstić information content (AvgIpc) is 2.45. The monoisotopic (exact) mass is 408 g/mol. The number of rotatable bonds is 2. The molecule has 22 heavy (non-hydrogen) atoms. The van der Waals surface area contributed by atoms with Gasteiger partial charge in [-0.05, 0) is 78.8 Å². The number of carbonyl (C=O) groups is 2. The minimum Gasteiger partial charge on any atom is -0.318 e. The van der Waals surface area contributed by atoms with E-state index in [1.165, 1.54) is 0 Å². The number of halogens is 1. The third kappa shape index (κ3) is 4.07. The summed E-state index contributed by atoms with van der Waals surface area (Å²) >= 11 is 2.18. The topological polar surface area (TPSA) is 58.2 Å². The molecule has 0 aliphatic heterocycles. The Hall–Kier alpha value is -1.89. The largest absolute Gasteiger partial charge is 0.318 e. The van der Waals surface area contributed by atoms with Crippen molar-refractivity contribution in [3.8, 4) is 0 Å². The molecule has 0 spiro atoms. The minimum atomic E-state index is -0.680. The van der Waals surface area contributed by atoms with Crippen molar-refractivity contribution < 1.29 is 9.59 Å². The summed E-state index contributed by atoms with van der Waals surface area (Å²) in [4.78, 5) is 24.0. The number of amides is 2. The van der Waals surface area contributed by atoms with Crippen LogP contribution in [0.3, 0.4) is 0 Å². The SMILES string of the molecule is Cc1cc(C)c(NC(=O)C(=O)Nc2ccc(I)cc2)c(C)c1. The van der Waals surface area contributed by atoms with E-state index in [1.807, 2.05) is 45.0 Å². The molecule has 0 fully saturated rings. The first-order valence-electron chi connectivity index (χ1n) is 6.82. The lowest BCUT2D eigenvalue weighted by atomic mass is 10.1. The van der Waals surface area contributed by atoms with Crippen LogP contribution in [-0.4, -0.2) is 11.8 Å². The van der Waals surface area contributed by atoms with E-state index in [9.17, 15) is 9.59 Å². The molecule has 0 saturated heterocycles. The summed E-state index contributed by atoms with van der Waals surface area (Å²) in [5, 5.41) is 5.27. The van der Waals surface area contributed by atoms with E-state index in [0.29, 0.717) is 11.4 Å². The van der Waals surface area contributed by atoms with Crippen LogP contribution in [0.15, 0.2) is 36.4 Å². The molecule has 2 rings (SSSR count). The molecular weight excluding hydrogens is 391 g/mol. The van der Waals surface area contributed by atoms with E-state index in [1.54, 1.807) is 12.1 Å². The summed E-state index contributed by atoms with van der Waals surface area (Å²) in [7, 11) is 0. The van der Waals surface area contributed by atoms with Crippen molar-refractivity contribution in [1.82, 2.24) is 0 Å². The molecule has 0 bridgehead atoms. The van der Waals surface area contributed by atoms with Gasteiger partial charge in [0.15, 0.2) is 0 Å². The van der Waals surface area contributed by atoms with Crippen molar-refractivity contribution in [3.63, 3.8) is 0 Å². The molecule has 0 saturated carbocycles. The fourth-order valence-corrected chi connectivity index (χ4v) is 2.63. The number of hydrogen-bond donors (Lipinski definition) is 2. The molecule has 0 unspecified atom stereocenters. The van der Waals surface area contributed by atoms with Crippen LogP contribution in [0.4, 0.5) is 11.4 Å². The van der Waals surface area contributed by atoms with Crippen LogP contribution >= 0.6 is 22.6 Å². The van der Waals surface area contributed by atoms with Gasteiger partial charge in [0.1, 0.15) is 0 Å². The summed E-state index contributed by atoms with van der Waals surface area (Å²) in [6, 6.07) is 11.2. The fourth-order valence-electron chi connectivity index (χ4n) is 2.27. The van der Waals surface area contributed by atoms with Crippen molar-refractivity contribution in [2.45, 2.75) is 20.8 Å². The normalized spacial score (nSPS) is 10.2. The predicted octanol–water partition coefficient (Wildman–Crippen LogP) is 3.79.